The number of hydrogen-bond donors (Lipinski definition) is 0. The van der Waals surface area contributed by atoms with E-state index in [9.17, 15) is 9.18 Å². The van der Waals surface area contributed by atoms with E-state index >= 15 is 0 Å². The summed E-state index contributed by atoms with van der Waals surface area (Å²) in [4.78, 5) is 21.1. The number of para-hydroxylation sites is 1. The third-order valence-electron chi connectivity index (χ3n) is 6.13. The third kappa shape index (κ3) is 6.17. The normalized spacial score (nSPS) is 13.3. The van der Waals surface area contributed by atoms with Crippen molar-refractivity contribution in [3.63, 3.8) is 0 Å². The van der Waals surface area contributed by atoms with Gasteiger partial charge < -0.3 is 14.1 Å². The summed E-state index contributed by atoms with van der Waals surface area (Å²) >= 11 is 0. The van der Waals surface area contributed by atoms with Gasteiger partial charge in [-0.1, -0.05) is 42.5 Å². The summed E-state index contributed by atoms with van der Waals surface area (Å²) in [7, 11) is 0. The largest absolute Gasteiger partial charge is 0.457 e. The second kappa shape index (κ2) is 11.2. The molecule has 0 N–H and O–H groups in total. The summed E-state index contributed by atoms with van der Waals surface area (Å²) < 4.78 is 25.1. The zero-order valence-electron chi connectivity index (χ0n) is 20.0. The maximum Gasteiger partial charge on any atom is 0.275 e. The van der Waals surface area contributed by atoms with Crippen LogP contribution in [0.3, 0.4) is 0 Å². The van der Waals surface area contributed by atoms with E-state index in [2.05, 4.69) is 9.88 Å². The summed E-state index contributed by atoms with van der Waals surface area (Å²) in [6, 6.07) is 24.0. The van der Waals surface area contributed by atoms with Gasteiger partial charge >= 0.3 is 0 Å². The molecule has 36 heavy (non-hydrogen) atoms. The molecule has 1 aromatic heterocycles. The van der Waals surface area contributed by atoms with Crippen LogP contribution in [0.5, 0.6) is 11.5 Å². The molecular weight excluding hydrogens is 457 g/mol. The minimum Gasteiger partial charge on any atom is -0.457 e. The Bertz CT molecular complexity index is 1280. The maximum atomic E-state index is 13.5. The van der Waals surface area contributed by atoms with Gasteiger partial charge in [0.15, 0.2) is 5.69 Å². The van der Waals surface area contributed by atoms with Crippen LogP contribution in [0.15, 0.2) is 89.5 Å². The predicted molar refractivity (Wildman–Crippen MR) is 134 cm³/mol. The molecule has 4 aromatic rings. The minimum atomic E-state index is -0.270. The van der Waals surface area contributed by atoms with Crippen LogP contribution >= 0.6 is 0 Å². The fourth-order valence-corrected chi connectivity index (χ4v) is 4.36. The second-order valence-electron chi connectivity index (χ2n) is 8.96. The summed E-state index contributed by atoms with van der Waals surface area (Å²) in [5, 5.41) is 0. The highest BCUT2D eigenvalue weighted by molar-refractivity contribution is 5.92. The molecule has 0 spiro atoms. The van der Waals surface area contributed by atoms with Gasteiger partial charge in [0, 0.05) is 26.2 Å². The molecule has 2 heterocycles. The molecule has 184 valence electrons. The Balaban J connectivity index is 1.32. The maximum absolute atomic E-state index is 13.5. The number of rotatable bonds is 9. The molecule has 5 rings (SSSR count). The van der Waals surface area contributed by atoms with Gasteiger partial charge in [0.1, 0.15) is 23.6 Å². The lowest BCUT2D eigenvalue weighted by Crippen LogP contribution is -2.28. The lowest BCUT2D eigenvalue weighted by atomic mass is 10.1. The Morgan fingerprint density at radius 2 is 1.61 bits per heavy atom. The molecular formula is C29H28FN3O3. The van der Waals surface area contributed by atoms with Crippen LogP contribution < -0.4 is 4.74 Å². The standard InChI is InChI=1S/C29H28FN3O3/c30-24-13-11-22(12-14-24)18-32(20-28-31-27(21-35-28)29(34)33-15-4-5-16-33)19-23-7-6-10-26(17-23)36-25-8-2-1-3-9-25/h1-3,6-14,17,21H,4-5,15-16,18-20H2. The van der Waals surface area contributed by atoms with Crippen LogP contribution in [0, 0.1) is 5.82 Å². The van der Waals surface area contributed by atoms with Crippen molar-refractivity contribution in [2.45, 2.75) is 32.5 Å². The average Bonchev–Trinajstić information content (AvgIpc) is 3.59. The molecule has 1 saturated heterocycles. The van der Waals surface area contributed by atoms with Crippen LogP contribution in [-0.4, -0.2) is 33.8 Å². The highest BCUT2D eigenvalue weighted by Crippen LogP contribution is 2.23. The number of halogens is 1. The number of hydrogen-bond acceptors (Lipinski definition) is 5. The first-order valence-corrected chi connectivity index (χ1v) is 12.1. The summed E-state index contributed by atoms with van der Waals surface area (Å²) in [5.74, 6) is 1.63. The highest BCUT2D eigenvalue weighted by Gasteiger charge is 2.23. The monoisotopic (exact) mass is 485 g/mol. The van der Waals surface area contributed by atoms with E-state index in [0.717, 1.165) is 48.6 Å². The topological polar surface area (TPSA) is 58.8 Å². The number of carbonyl (C=O) groups excluding carboxylic acids is 1. The Kier molecular flexibility index (Phi) is 7.38. The van der Waals surface area contributed by atoms with Crippen molar-refractivity contribution in [1.82, 2.24) is 14.8 Å². The Labute approximate surface area is 209 Å². The first-order chi connectivity index (χ1) is 17.6. The van der Waals surface area contributed by atoms with Crippen molar-refractivity contribution in [3.8, 4) is 11.5 Å². The molecule has 0 radical (unpaired) electrons. The van der Waals surface area contributed by atoms with Gasteiger partial charge in [-0.05, 0) is 60.4 Å². The van der Waals surface area contributed by atoms with E-state index in [4.69, 9.17) is 9.15 Å². The molecule has 0 saturated carbocycles. The van der Waals surface area contributed by atoms with Crippen LogP contribution in [0.1, 0.15) is 40.3 Å². The molecule has 1 fully saturated rings. The van der Waals surface area contributed by atoms with Crippen molar-refractivity contribution in [3.05, 3.63) is 114 Å². The number of nitrogens with zero attached hydrogens (tertiary/aromatic N) is 3. The minimum absolute atomic E-state index is 0.0849. The number of carbonyl (C=O) groups is 1. The molecule has 1 amide bonds. The van der Waals surface area contributed by atoms with Crippen LogP contribution in [0.4, 0.5) is 4.39 Å². The van der Waals surface area contributed by atoms with Crippen LogP contribution in [0.2, 0.25) is 0 Å². The summed E-state index contributed by atoms with van der Waals surface area (Å²) in [6.07, 6.45) is 3.49. The number of aromatic nitrogens is 1. The fourth-order valence-electron chi connectivity index (χ4n) is 4.36. The summed E-state index contributed by atoms with van der Waals surface area (Å²) in [6.45, 7) is 3.07. The SMILES string of the molecule is O=C(c1coc(CN(Cc2ccc(F)cc2)Cc2cccc(Oc3ccccc3)c2)n1)N1CCCC1. The van der Waals surface area contributed by atoms with E-state index < -0.39 is 0 Å². The smallest absolute Gasteiger partial charge is 0.275 e. The van der Waals surface area contributed by atoms with Crippen molar-refractivity contribution in [1.29, 1.82) is 0 Å². The van der Waals surface area contributed by atoms with Crippen molar-refractivity contribution in [2.24, 2.45) is 0 Å². The van der Waals surface area contributed by atoms with Gasteiger partial charge in [0.25, 0.3) is 5.91 Å². The molecule has 6 nitrogen and oxygen atoms in total. The first-order valence-electron chi connectivity index (χ1n) is 12.1. The molecule has 1 aliphatic rings. The van der Waals surface area contributed by atoms with E-state index in [1.807, 2.05) is 59.5 Å². The zero-order valence-corrected chi connectivity index (χ0v) is 20.0. The second-order valence-corrected chi connectivity index (χ2v) is 8.96. The van der Waals surface area contributed by atoms with E-state index in [0.29, 0.717) is 31.2 Å². The molecule has 7 heteroatoms. The Morgan fingerprint density at radius 3 is 2.39 bits per heavy atom. The lowest BCUT2D eigenvalue weighted by Gasteiger charge is -2.21. The van der Waals surface area contributed by atoms with Crippen molar-refractivity contribution < 1.29 is 18.3 Å². The number of benzene rings is 3. The molecule has 1 aliphatic heterocycles. The van der Waals surface area contributed by atoms with Gasteiger partial charge in [0.2, 0.25) is 5.89 Å². The molecule has 0 bridgehead atoms. The quantitative estimate of drug-likeness (QED) is 0.289. The average molecular weight is 486 g/mol. The number of ether oxygens (including phenoxy) is 1. The third-order valence-corrected chi connectivity index (χ3v) is 6.13. The van der Waals surface area contributed by atoms with Gasteiger partial charge in [0.05, 0.1) is 6.54 Å². The van der Waals surface area contributed by atoms with Crippen molar-refractivity contribution in [2.75, 3.05) is 13.1 Å². The van der Waals surface area contributed by atoms with Gasteiger partial charge in [-0.25, -0.2) is 9.37 Å². The lowest BCUT2D eigenvalue weighted by molar-refractivity contribution is 0.0787. The molecule has 0 aliphatic carbocycles. The van der Waals surface area contributed by atoms with Gasteiger partial charge in [-0.15, -0.1) is 0 Å². The van der Waals surface area contributed by atoms with Crippen LogP contribution in [0.25, 0.3) is 0 Å². The van der Waals surface area contributed by atoms with Crippen LogP contribution in [-0.2, 0) is 19.6 Å². The predicted octanol–water partition coefficient (Wildman–Crippen LogP) is 6.04. The van der Waals surface area contributed by atoms with Gasteiger partial charge in [-0.3, -0.25) is 9.69 Å². The molecule has 3 aromatic carbocycles. The first kappa shape index (κ1) is 23.8. The Morgan fingerprint density at radius 1 is 0.889 bits per heavy atom. The highest BCUT2D eigenvalue weighted by atomic mass is 19.1. The zero-order chi connectivity index (χ0) is 24.7. The fraction of sp³-hybridized carbons (Fsp3) is 0.241. The van der Waals surface area contributed by atoms with Crippen molar-refractivity contribution >= 4 is 5.91 Å². The number of oxazole rings is 1. The van der Waals surface area contributed by atoms with E-state index in [1.54, 1.807) is 12.1 Å². The summed E-state index contributed by atoms with van der Waals surface area (Å²) in [5.41, 5.74) is 2.35. The number of amides is 1. The van der Waals surface area contributed by atoms with E-state index in [1.165, 1.54) is 18.4 Å². The molecule has 0 unspecified atom stereocenters. The van der Waals surface area contributed by atoms with Gasteiger partial charge in [-0.2, -0.15) is 0 Å². The van der Waals surface area contributed by atoms with E-state index in [-0.39, 0.29) is 11.7 Å². The number of likely N-dealkylation sites (tertiary alicyclic amines) is 1. The Hall–Kier alpha value is -3.97. The molecule has 0 atom stereocenters.